The molecular weight excluding hydrogens is 170 g/mol. The van der Waals surface area contributed by atoms with Gasteiger partial charge in [0.1, 0.15) is 0 Å². The SMILES string of the molecule is C[C@@H](CO)NC(=O)C1CCCOC1. The Morgan fingerprint density at radius 1 is 1.77 bits per heavy atom. The van der Waals surface area contributed by atoms with Crippen LogP contribution in [0.3, 0.4) is 0 Å². The molecule has 0 saturated carbocycles. The van der Waals surface area contributed by atoms with Gasteiger partial charge in [-0.25, -0.2) is 0 Å². The molecule has 4 heteroatoms. The molecule has 0 radical (unpaired) electrons. The zero-order chi connectivity index (χ0) is 9.68. The van der Waals surface area contributed by atoms with Crippen molar-refractivity contribution in [1.29, 1.82) is 0 Å². The van der Waals surface area contributed by atoms with Gasteiger partial charge in [-0.05, 0) is 19.8 Å². The van der Waals surface area contributed by atoms with Crippen LogP contribution >= 0.6 is 0 Å². The normalized spacial score (nSPS) is 25.2. The number of ether oxygens (including phenoxy) is 1. The van der Waals surface area contributed by atoms with E-state index in [0.29, 0.717) is 6.61 Å². The standard InChI is InChI=1S/C9H17NO3/c1-7(5-11)10-9(12)8-3-2-4-13-6-8/h7-8,11H,2-6H2,1H3,(H,10,12)/t7-,8?/m0/s1. The second-order valence-corrected chi connectivity index (χ2v) is 3.51. The summed E-state index contributed by atoms with van der Waals surface area (Å²) in [5.41, 5.74) is 0. The fourth-order valence-electron chi connectivity index (χ4n) is 1.35. The summed E-state index contributed by atoms with van der Waals surface area (Å²) in [6, 6.07) is -0.158. The van der Waals surface area contributed by atoms with Crippen molar-refractivity contribution >= 4 is 5.91 Å². The molecule has 1 amide bonds. The van der Waals surface area contributed by atoms with E-state index in [4.69, 9.17) is 9.84 Å². The lowest BCUT2D eigenvalue weighted by Crippen LogP contribution is -2.41. The van der Waals surface area contributed by atoms with Gasteiger partial charge in [-0.2, -0.15) is 0 Å². The third kappa shape index (κ3) is 3.32. The van der Waals surface area contributed by atoms with Crippen LogP contribution in [-0.4, -0.2) is 36.9 Å². The first kappa shape index (κ1) is 10.5. The summed E-state index contributed by atoms with van der Waals surface area (Å²) in [5.74, 6) is -0.0241. The number of carbonyl (C=O) groups is 1. The molecule has 1 aliphatic heterocycles. The zero-order valence-electron chi connectivity index (χ0n) is 7.95. The predicted octanol–water partition coefficient (Wildman–Crippen LogP) is -0.0900. The fourth-order valence-corrected chi connectivity index (χ4v) is 1.35. The second-order valence-electron chi connectivity index (χ2n) is 3.51. The van der Waals surface area contributed by atoms with Crippen LogP contribution in [0, 0.1) is 5.92 Å². The van der Waals surface area contributed by atoms with Crippen molar-refractivity contribution in [2.75, 3.05) is 19.8 Å². The molecular formula is C9H17NO3. The number of aliphatic hydroxyl groups excluding tert-OH is 1. The van der Waals surface area contributed by atoms with Crippen LogP contribution in [0.4, 0.5) is 0 Å². The molecule has 0 aromatic heterocycles. The summed E-state index contributed by atoms with van der Waals surface area (Å²) in [5, 5.41) is 11.5. The minimum Gasteiger partial charge on any atom is -0.394 e. The Morgan fingerprint density at radius 3 is 3.08 bits per heavy atom. The molecule has 0 aromatic rings. The quantitative estimate of drug-likeness (QED) is 0.649. The molecule has 4 nitrogen and oxygen atoms in total. The summed E-state index contributed by atoms with van der Waals surface area (Å²) >= 11 is 0. The van der Waals surface area contributed by atoms with E-state index in [9.17, 15) is 4.79 Å². The average molecular weight is 187 g/mol. The summed E-state index contributed by atoms with van der Waals surface area (Å²) in [6.45, 7) is 3.05. The van der Waals surface area contributed by atoms with Gasteiger partial charge in [0, 0.05) is 12.6 Å². The van der Waals surface area contributed by atoms with Crippen LogP contribution in [0.5, 0.6) is 0 Å². The van der Waals surface area contributed by atoms with Gasteiger partial charge in [-0.3, -0.25) is 4.79 Å². The molecule has 1 fully saturated rings. The molecule has 1 rings (SSSR count). The number of carbonyl (C=O) groups excluding carboxylic acids is 1. The highest BCUT2D eigenvalue weighted by molar-refractivity contribution is 5.79. The van der Waals surface area contributed by atoms with Crippen molar-refractivity contribution < 1.29 is 14.6 Å². The Labute approximate surface area is 78.3 Å². The highest BCUT2D eigenvalue weighted by atomic mass is 16.5. The van der Waals surface area contributed by atoms with Crippen LogP contribution in [0.15, 0.2) is 0 Å². The second kappa shape index (κ2) is 5.19. The van der Waals surface area contributed by atoms with Gasteiger partial charge in [-0.15, -0.1) is 0 Å². The Hall–Kier alpha value is -0.610. The Bertz CT molecular complexity index is 166. The molecule has 0 aromatic carbocycles. The zero-order valence-corrected chi connectivity index (χ0v) is 7.95. The predicted molar refractivity (Wildman–Crippen MR) is 48.2 cm³/mol. The van der Waals surface area contributed by atoms with Gasteiger partial charge in [0.25, 0.3) is 0 Å². The minimum atomic E-state index is -0.158. The third-order valence-corrected chi connectivity index (χ3v) is 2.19. The van der Waals surface area contributed by atoms with Crippen molar-refractivity contribution in [2.24, 2.45) is 5.92 Å². The summed E-state index contributed by atoms with van der Waals surface area (Å²) in [7, 11) is 0. The van der Waals surface area contributed by atoms with Crippen molar-refractivity contribution in [1.82, 2.24) is 5.32 Å². The lowest BCUT2D eigenvalue weighted by molar-refractivity contribution is -0.129. The maximum absolute atomic E-state index is 11.5. The molecule has 2 atom stereocenters. The molecule has 1 aliphatic rings. The van der Waals surface area contributed by atoms with E-state index in [0.717, 1.165) is 19.4 Å². The Balaban J connectivity index is 2.29. The molecule has 1 unspecified atom stereocenters. The van der Waals surface area contributed by atoms with Gasteiger partial charge >= 0.3 is 0 Å². The van der Waals surface area contributed by atoms with E-state index in [2.05, 4.69) is 5.32 Å². The maximum Gasteiger partial charge on any atom is 0.225 e. The molecule has 76 valence electrons. The lowest BCUT2D eigenvalue weighted by atomic mass is 10.0. The first-order valence-electron chi connectivity index (χ1n) is 4.73. The molecule has 2 N–H and O–H groups in total. The van der Waals surface area contributed by atoms with Gasteiger partial charge in [0.15, 0.2) is 0 Å². The van der Waals surface area contributed by atoms with Crippen molar-refractivity contribution in [3.63, 3.8) is 0 Å². The highest BCUT2D eigenvalue weighted by Crippen LogP contribution is 2.13. The minimum absolute atomic E-state index is 0.00116. The smallest absolute Gasteiger partial charge is 0.225 e. The number of hydrogen-bond donors (Lipinski definition) is 2. The van der Waals surface area contributed by atoms with Gasteiger partial charge < -0.3 is 15.2 Å². The lowest BCUT2D eigenvalue weighted by Gasteiger charge is -2.22. The number of rotatable bonds is 3. The van der Waals surface area contributed by atoms with Crippen molar-refractivity contribution in [2.45, 2.75) is 25.8 Å². The number of amides is 1. The number of nitrogens with one attached hydrogen (secondary N) is 1. The van der Waals surface area contributed by atoms with Crippen molar-refractivity contribution in [3.8, 4) is 0 Å². The van der Waals surface area contributed by atoms with Crippen LogP contribution in [0.25, 0.3) is 0 Å². The summed E-state index contributed by atoms with van der Waals surface area (Å²) < 4.78 is 5.20. The first-order valence-corrected chi connectivity index (χ1v) is 4.73. The van der Waals surface area contributed by atoms with Gasteiger partial charge in [0.2, 0.25) is 5.91 Å². The van der Waals surface area contributed by atoms with Crippen LogP contribution < -0.4 is 5.32 Å². The van der Waals surface area contributed by atoms with Gasteiger partial charge in [0.05, 0.1) is 19.1 Å². The molecule has 1 saturated heterocycles. The summed E-state index contributed by atoms with van der Waals surface area (Å²) in [4.78, 5) is 11.5. The largest absolute Gasteiger partial charge is 0.394 e. The van der Waals surface area contributed by atoms with E-state index in [-0.39, 0.29) is 24.5 Å². The number of hydrogen-bond acceptors (Lipinski definition) is 3. The van der Waals surface area contributed by atoms with Crippen LogP contribution in [0.1, 0.15) is 19.8 Å². The van der Waals surface area contributed by atoms with Crippen LogP contribution in [0.2, 0.25) is 0 Å². The number of aliphatic hydroxyl groups is 1. The highest BCUT2D eigenvalue weighted by Gasteiger charge is 2.22. The molecule has 0 aliphatic carbocycles. The first-order chi connectivity index (χ1) is 6.24. The van der Waals surface area contributed by atoms with Gasteiger partial charge in [-0.1, -0.05) is 0 Å². The van der Waals surface area contributed by atoms with E-state index < -0.39 is 0 Å². The monoisotopic (exact) mass is 187 g/mol. The Morgan fingerprint density at radius 2 is 2.54 bits per heavy atom. The van der Waals surface area contributed by atoms with Crippen molar-refractivity contribution in [3.05, 3.63) is 0 Å². The fraction of sp³-hybridized carbons (Fsp3) is 0.889. The van der Waals surface area contributed by atoms with E-state index in [1.807, 2.05) is 0 Å². The molecule has 0 spiro atoms. The van der Waals surface area contributed by atoms with E-state index in [1.165, 1.54) is 0 Å². The molecule has 0 bridgehead atoms. The topological polar surface area (TPSA) is 58.6 Å². The third-order valence-electron chi connectivity index (χ3n) is 2.19. The average Bonchev–Trinajstić information content (AvgIpc) is 2.19. The molecule has 1 heterocycles. The van der Waals surface area contributed by atoms with E-state index in [1.54, 1.807) is 6.92 Å². The summed E-state index contributed by atoms with van der Waals surface area (Å²) in [6.07, 6.45) is 1.84. The Kier molecular flexibility index (Phi) is 4.18. The van der Waals surface area contributed by atoms with Crippen LogP contribution in [-0.2, 0) is 9.53 Å². The maximum atomic E-state index is 11.5. The van der Waals surface area contributed by atoms with E-state index >= 15 is 0 Å². The molecule has 13 heavy (non-hydrogen) atoms.